The Labute approximate surface area is 200 Å². The highest BCUT2D eigenvalue weighted by atomic mass is 35.5. The predicted octanol–water partition coefficient (Wildman–Crippen LogP) is 4.50. The van der Waals surface area contributed by atoms with Gasteiger partial charge in [-0.25, -0.2) is 14.4 Å². The molecule has 34 heavy (non-hydrogen) atoms. The maximum Gasteiger partial charge on any atom is 0.299 e. The molecule has 1 saturated carbocycles. The molecule has 0 unspecified atom stereocenters. The van der Waals surface area contributed by atoms with Gasteiger partial charge in [-0.05, 0) is 50.5 Å². The van der Waals surface area contributed by atoms with Crippen molar-refractivity contribution >= 4 is 40.6 Å². The summed E-state index contributed by atoms with van der Waals surface area (Å²) in [4.78, 5) is 26.3. The Hall–Kier alpha value is -3.51. The quantitative estimate of drug-likeness (QED) is 0.406. The van der Waals surface area contributed by atoms with Gasteiger partial charge in [0.25, 0.3) is 6.47 Å². The fourth-order valence-electron chi connectivity index (χ4n) is 4.80. The summed E-state index contributed by atoms with van der Waals surface area (Å²) in [5.41, 5.74) is 3.48. The highest BCUT2D eigenvalue weighted by molar-refractivity contribution is 6.29. The van der Waals surface area contributed by atoms with Gasteiger partial charge in [0.1, 0.15) is 17.4 Å². The highest BCUT2D eigenvalue weighted by Gasteiger charge is 2.56. The second-order valence-corrected chi connectivity index (χ2v) is 9.41. The van der Waals surface area contributed by atoms with E-state index in [0.29, 0.717) is 48.5 Å². The summed E-state index contributed by atoms with van der Waals surface area (Å²) in [5, 5.41) is 13.2. The Bertz CT molecular complexity index is 1340. The number of nitrogens with one attached hydrogen (secondary N) is 1. The summed E-state index contributed by atoms with van der Waals surface area (Å²) in [6.07, 6.45) is 0.671. The molecular formula is C24H22ClFN6O2. The Balaban J connectivity index is 1.52. The average molecular weight is 481 g/mol. The number of nitrogens with zero attached hydrogens (tertiary/aromatic N) is 5. The summed E-state index contributed by atoms with van der Waals surface area (Å²) in [5.74, 6) is 0.548. The number of carbonyl (C=O) groups is 1. The summed E-state index contributed by atoms with van der Waals surface area (Å²) in [6.45, 7) is 5.26. The zero-order valence-corrected chi connectivity index (χ0v) is 19.4. The number of hydrogen-bond acceptors (Lipinski definition) is 8. The van der Waals surface area contributed by atoms with Crippen molar-refractivity contribution in [1.29, 1.82) is 5.26 Å². The van der Waals surface area contributed by atoms with E-state index in [2.05, 4.69) is 21.4 Å². The van der Waals surface area contributed by atoms with Gasteiger partial charge in [0, 0.05) is 24.1 Å². The van der Waals surface area contributed by atoms with Gasteiger partial charge >= 0.3 is 0 Å². The molecule has 1 aromatic carbocycles. The van der Waals surface area contributed by atoms with Crippen LogP contribution >= 0.6 is 11.6 Å². The molecule has 3 aromatic rings. The van der Waals surface area contributed by atoms with Crippen molar-refractivity contribution < 1.29 is 13.9 Å². The molecule has 1 N–H and O–H groups in total. The molecule has 10 heteroatoms. The van der Waals surface area contributed by atoms with E-state index in [4.69, 9.17) is 21.3 Å². The van der Waals surface area contributed by atoms with Crippen LogP contribution in [0.15, 0.2) is 24.3 Å². The number of fused-ring (bicyclic) bond motifs is 1. The van der Waals surface area contributed by atoms with Gasteiger partial charge < -0.3 is 15.0 Å². The fraction of sp³-hybridized carbons (Fsp3) is 0.375. The van der Waals surface area contributed by atoms with Crippen molar-refractivity contribution in [2.24, 2.45) is 5.41 Å². The number of rotatable bonds is 6. The van der Waals surface area contributed by atoms with Gasteiger partial charge in [0.05, 0.1) is 22.8 Å². The third-order valence-corrected chi connectivity index (χ3v) is 6.94. The molecule has 2 aliphatic rings. The molecule has 1 aliphatic heterocycles. The van der Waals surface area contributed by atoms with Gasteiger partial charge in [-0.3, -0.25) is 4.79 Å². The van der Waals surface area contributed by atoms with E-state index in [-0.39, 0.29) is 28.2 Å². The fourth-order valence-corrected chi connectivity index (χ4v) is 4.94. The predicted molar refractivity (Wildman–Crippen MR) is 126 cm³/mol. The van der Waals surface area contributed by atoms with Crippen molar-refractivity contribution in [2.75, 3.05) is 23.3 Å². The van der Waals surface area contributed by atoms with Crippen LogP contribution in [-0.4, -0.2) is 40.7 Å². The normalized spacial score (nSPS) is 19.1. The summed E-state index contributed by atoms with van der Waals surface area (Å²) >= 11 is 5.94. The monoisotopic (exact) mass is 480 g/mol. The lowest BCUT2D eigenvalue weighted by Crippen LogP contribution is -2.66. The van der Waals surface area contributed by atoms with Gasteiger partial charge in [0.2, 0.25) is 5.88 Å². The smallest absolute Gasteiger partial charge is 0.299 e. The Morgan fingerprint density at radius 1 is 1.35 bits per heavy atom. The number of anilines is 2. The van der Waals surface area contributed by atoms with E-state index < -0.39 is 6.17 Å². The number of halogens is 2. The summed E-state index contributed by atoms with van der Waals surface area (Å²) in [6, 6.07) is 9.03. The van der Waals surface area contributed by atoms with Gasteiger partial charge in [-0.1, -0.05) is 17.7 Å². The maximum absolute atomic E-state index is 14.1. The standard InChI is InChI=1S/C24H22ClFN6O2/c1-13-7-15(14(2)28-16-3-4-20(25)30-23(16)34-12-33)21-17(8-13)29-18(9-27)22(31-21)32-10-24(11-32)6-5-19(24)26/h3-4,7-8,12,14,19,28H,5-6,10-11H2,1-2H3/t14-,19-/m1/s1. The lowest BCUT2D eigenvalue weighted by Gasteiger charge is -2.58. The number of aromatic nitrogens is 3. The molecule has 8 nitrogen and oxygen atoms in total. The van der Waals surface area contributed by atoms with Crippen molar-refractivity contribution in [3.63, 3.8) is 0 Å². The van der Waals surface area contributed by atoms with E-state index >= 15 is 0 Å². The number of benzene rings is 1. The third kappa shape index (κ3) is 3.68. The number of aryl methyl sites for hydroxylation is 1. The molecule has 1 aliphatic carbocycles. The molecule has 5 rings (SSSR count). The SMILES string of the molecule is Cc1cc([C@@H](C)Nc2ccc(Cl)nc2OC=O)c2nc(N3CC4(CC[C@H]4F)C3)c(C#N)nc2c1. The molecule has 0 amide bonds. The zero-order valence-electron chi connectivity index (χ0n) is 18.7. The molecule has 0 bridgehead atoms. The van der Waals surface area contributed by atoms with Crippen LogP contribution in [0.2, 0.25) is 5.15 Å². The van der Waals surface area contributed by atoms with Crippen molar-refractivity contribution in [3.05, 3.63) is 46.2 Å². The molecule has 174 valence electrons. The number of pyridine rings is 1. The second kappa shape index (κ2) is 8.37. The largest absolute Gasteiger partial charge is 0.407 e. The number of nitriles is 1. The number of alkyl halides is 1. The number of hydrogen-bond donors (Lipinski definition) is 1. The first kappa shape index (κ1) is 22.3. The van der Waals surface area contributed by atoms with Crippen LogP contribution in [0, 0.1) is 23.7 Å². The topological polar surface area (TPSA) is 104 Å². The van der Waals surface area contributed by atoms with Gasteiger partial charge in [-0.2, -0.15) is 10.2 Å². The highest BCUT2D eigenvalue weighted by Crippen LogP contribution is 2.51. The van der Waals surface area contributed by atoms with Crippen molar-refractivity contribution in [1.82, 2.24) is 15.0 Å². The van der Waals surface area contributed by atoms with Crippen LogP contribution in [0.1, 0.15) is 42.6 Å². The van der Waals surface area contributed by atoms with E-state index in [1.54, 1.807) is 12.1 Å². The lowest BCUT2D eigenvalue weighted by molar-refractivity contribution is -0.120. The van der Waals surface area contributed by atoms with E-state index in [0.717, 1.165) is 17.5 Å². The summed E-state index contributed by atoms with van der Waals surface area (Å²) in [7, 11) is 0. The van der Waals surface area contributed by atoms with Crippen LogP contribution in [0.4, 0.5) is 15.9 Å². The van der Waals surface area contributed by atoms with Gasteiger partial charge in [-0.15, -0.1) is 0 Å². The molecule has 2 aromatic heterocycles. The Kier molecular flexibility index (Phi) is 5.48. The van der Waals surface area contributed by atoms with E-state index in [1.807, 2.05) is 30.9 Å². The molecule has 0 radical (unpaired) electrons. The van der Waals surface area contributed by atoms with Crippen LogP contribution < -0.4 is 15.0 Å². The average Bonchev–Trinajstić information content (AvgIpc) is 2.78. The molecule has 3 heterocycles. The van der Waals surface area contributed by atoms with E-state index in [9.17, 15) is 14.4 Å². The minimum absolute atomic E-state index is 0.0667. The molecular weight excluding hydrogens is 459 g/mol. The van der Waals surface area contributed by atoms with Crippen LogP contribution in [-0.2, 0) is 4.79 Å². The zero-order chi connectivity index (χ0) is 24.0. The molecule has 2 fully saturated rings. The third-order valence-electron chi connectivity index (χ3n) is 6.73. The first-order valence-electron chi connectivity index (χ1n) is 11.0. The first-order chi connectivity index (χ1) is 16.3. The van der Waals surface area contributed by atoms with Gasteiger partial charge in [0.15, 0.2) is 11.5 Å². The molecule has 1 spiro atoms. The molecule has 1 saturated heterocycles. The van der Waals surface area contributed by atoms with Crippen molar-refractivity contribution in [3.8, 4) is 11.9 Å². The number of ether oxygens (including phenoxy) is 1. The molecule has 2 atom stereocenters. The lowest BCUT2D eigenvalue weighted by atomic mass is 9.62. The minimum atomic E-state index is -0.791. The van der Waals surface area contributed by atoms with Crippen LogP contribution in [0.3, 0.4) is 0 Å². The maximum atomic E-state index is 14.1. The second-order valence-electron chi connectivity index (χ2n) is 9.02. The van der Waals surface area contributed by atoms with Crippen LogP contribution in [0.25, 0.3) is 11.0 Å². The first-order valence-corrected chi connectivity index (χ1v) is 11.4. The summed E-state index contributed by atoms with van der Waals surface area (Å²) < 4.78 is 19.1. The van der Waals surface area contributed by atoms with Crippen LogP contribution in [0.5, 0.6) is 5.88 Å². The van der Waals surface area contributed by atoms with E-state index in [1.165, 1.54) is 0 Å². The Morgan fingerprint density at radius 2 is 2.15 bits per heavy atom. The van der Waals surface area contributed by atoms with Crippen molar-refractivity contribution in [2.45, 2.75) is 38.9 Å². The minimum Gasteiger partial charge on any atom is -0.407 e. The Morgan fingerprint density at radius 3 is 2.79 bits per heavy atom. The number of carbonyl (C=O) groups excluding carboxylic acids is 1.